The lowest BCUT2D eigenvalue weighted by atomic mass is 9.88. The van der Waals surface area contributed by atoms with Gasteiger partial charge in [-0.05, 0) is 35.4 Å². The van der Waals surface area contributed by atoms with E-state index in [1.54, 1.807) is 36.4 Å². The van der Waals surface area contributed by atoms with Crippen LogP contribution >= 0.6 is 0 Å². The van der Waals surface area contributed by atoms with E-state index >= 15 is 0 Å². The van der Waals surface area contributed by atoms with E-state index in [4.69, 9.17) is 5.26 Å². The number of hydrogen-bond acceptors (Lipinski definition) is 4. The molecule has 2 aromatic carbocycles. The van der Waals surface area contributed by atoms with E-state index in [1.807, 2.05) is 6.07 Å². The topological polar surface area (TPSA) is 82.4 Å². The monoisotopic (exact) mass is 320 g/mol. The van der Waals surface area contributed by atoms with E-state index in [9.17, 15) is 9.18 Å². The van der Waals surface area contributed by atoms with Gasteiger partial charge in [0.2, 0.25) is 0 Å². The third-order valence-electron chi connectivity index (χ3n) is 3.72. The van der Waals surface area contributed by atoms with Crippen molar-refractivity contribution in [2.45, 2.75) is 12.3 Å². The van der Waals surface area contributed by atoms with Gasteiger partial charge in [-0.25, -0.2) is 4.39 Å². The number of nitrogens with zero attached hydrogens (tertiary/aromatic N) is 3. The lowest BCUT2D eigenvalue weighted by Gasteiger charge is -2.14. The summed E-state index contributed by atoms with van der Waals surface area (Å²) in [5.74, 6) is -1.02. The summed E-state index contributed by atoms with van der Waals surface area (Å²) in [5.41, 5.74) is 2.48. The zero-order valence-electron chi connectivity index (χ0n) is 12.6. The molecule has 3 aromatic rings. The van der Waals surface area contributed by atoms with Crippen LogP contribution in [0.1, 0.15) is 28.3 Å². The minimum absolute atomic E-state index is 0.0831. The number of carbonyl (C=O) groups excluding carboxylic acids is 1. The third kappa shape index (κ3) is 3.36. The molecule has 118 valence electrons. The van der Waals surface area contributed by atoms with E-state index in [-0.39, 0.29) is 18.0 Å². The van der Waals surface area contributed by atoms with Crippen LogP contribution in [0, 0.1) is 17.1 Å². The highest BCUT2D eigenvalue weighted by atomic mass is 19.1. The van der Waals surface area contributed by atoms with Crippen LogP contribution < -0.4 is 0 Å². The molecule has 1 unspecified atom stereocenters. The first-order valence-electron chi connectivity index (χ1n) is 7.30. The molecule has 0 radical (unpaired) electrons. The second kappa shape index (κ2) is 6.84. The molecule has 0 spiro atoms. The van der Waals surface area contributed by atoms with Gasteiger partial charge in [0.05, 0.1) is 29.4 Å². The van der Waals surface area contributed by atoms with Crippen LogP contribution in [-0.2, 0) is 11.2 Å². The van der Waals surface area contributed by atoms with Crippen molar-refractivity contribution >= 4 is 5.78 Å². The lowest BCUT2D eigenvalue weighted by molar-refractivity contribution is -0.119. The van der Waals surface area contributed by atoms with Crippen LogP contribution in [0.2, 0.25) is 0 Å². The SMILES string of the molecule is N#Cc1ccc(C(C(=O)Cc2ccc(F)cc2)c2cn[nH]n2)cc1. The number of ketones is 1. The predicted octanol–water partition coefficient (Wildman–Crippen LogP) is 2.76. The predicted molar refractivity (Wildman–Crippen MR) is 84.5 cm³/mol. The Kier molecular flexibility index (Phi) is 4.43. The number of hydrogen-bond donors (Lipinski definition) is 1. The summed E-state index contributed by atoms with van der Waals surface area (Å²) in [5, 5.41) is 19.2. The molecule has 0 saturated heterocycles. The first-order chi connectivity index (χ1) is 11.7. The molecule has 3 rings (SSSR count). The van der Waals surface area contributed by atoms with Gasteiger partial charge in [0, 0.05) is 6.42 Å². The highest BCUT2D eigenvalue weighted by Gasteiger charge is 2.25. The molecular weight excluding hydrogens is 307 g/mol. The second-order valence-corrected chi connectivity index (χ2v) is 5.33. The van der Waals surface area contributed by atoms with Gasteiger partial charge in [-0.15, -0.1) is 0 Å². The van der Waals surface area contributed by atoms with Crippen LogP contribution in [0.3, 0.4) is 0 Å². The average Bonchev–Trinajstić information content (AvgIpc) is 3.12. The molecule has 5 nitrogen and oxygen atoms in total. The maximum absolute atomic E-state index is 13.0. The Balaban J connectivity index is 1.91. The highest BCUT2D eigenvalue weighted by molar-refractivity contribution is 5.90. The van der Waals surface area contributed by atoms with E-state index < -0.39 is 5.92 Å². The van der Waals surface area contributed by atoms with E-state index in [1.165, 1.54) is 18.3 Å². The average molecular weight is 320 g/mol. The van der Waals surface area contributed by atoms with E-state index in [0.717, 1.165) is 11.1 Å². The zero-order chi connectivity index (χ0) is 16.9. The largest absolute Gasteiger partial charge is 0.298 e. The molecule has 0 aliphatic heterocycles. The first-order valence-corrected chi connectivity index (χ1v) is 7.30. The number of benzene rings is 2. The Hall–Kier alpha value is -3.33. The van der Waals surface area contributed by atoms with Crippen molar-refractivity contribution in [2.24, 2.45) is 0 Å². The fourth-order valence-corrected chi connectivity index (χ4v) is 2.53. The first kappa shape index (κ1) is 15.6. The number of Topliss-reactive ketones (excluding diaryl/α,β-unsaturated/α-hetero) is 1. The molecule has 0 amide bonds. The molecule has 1 heterocycles. The molecule has 0 saturated carbocycles. The van der Waals surface area contributed by atoms with Gasteiger partial charge < -0.3 is 0 Å². The van der Waals surface area contributed by atoms with Crippen molar-refractivity contribution in [1.82, 2.24) is 15.4 Å². The number of carbonyl (C=O) groups is 1. The molecule has 0 aliphatic carbocycles. The molecule has 1 aromatic heterocycles. The summed E-state index contributed by atoms with van der Waals surface area (Å²) in [7, 11) is 0. The molecule has 0 aliphatic rings. The van der Waals surface area contributed by atoms with E-state index in [0.29, 0.717) is 11.3 Å². The summed E-state index contributed by atoms with van der Waals surface area (Å²) in [4.78, 5) is 12.8. The molecular formula is C18H13FN4O. The van der Waals surface area contributed by atoms with Crippen LogP contribution in [0.4, 0.5) is 4.39 Å². The number of rotatable bonds is 5. The summed E-state index contributed by atoms with van der Waals surface area (Å²) < 4.78 is 13.0. The van der Waals surface area contributed by atoms with Crippen LogP contribution in [0.15, 0.2) is 54.7 Å². The fraction of sp³-hybridized carbons (Fsp3) is 0.111. The summed E-state index contributed by atoms with van der Waals surface area (Å²) in [6.45, 7) is 0. The van der Waals surface area contributed by atoms with Crippen LogP contribution in [0.5, 0.6) is 0 Å². The van der Waals surface area contributed by atoms with Gasteiger partial charge >= 0.3 is 0 Å². The molecule has 1 atom stereocenters. The number of halogens is 1. The maximum atomic E-state index is 13.0. The molecule has 0 bridgehead atoms. The molecule has 6 heteroatoms. The summed E-state index contributed by atoms with van der Waals surface area (Å²) in [6, 6.07) is 14.7. The lowest BCUT2D eigenvalue weighted by Crippen LogP contribution is -2.17. The minimum atomic E-state index is -0.596. The van der Waals surface area contributed by atoms with Crippen LogP contribution in [0.25, 0.3) is 0 Å². The number of nitriles is 1. The number of nitrogens with one attached hydrogen (secondary N) is 1. The van der Waals surface area contributed by atoms with Crippen molar-refractivity contribution < 1.29 is 9.18 Å². The number of aromatic nitrogens is 3. The van der Waals surface area contributed by atoms with Gasteiger partial charge in [-0.1, -0.05) is 24.3 Å². The maximum Gasteiger partial charge on any atom is 0.150 e. The van der Waals surface area contributed by atoms with Gasteiger partial charge in [-0.2, -0.15) is 20.7 Å². The van der Waals surface area contributed by atoms with Gasteiger partial charge in [-0.3, -0.25) is 4.79 Å². The third-order valence-corrected chi connectivity index (χ3v) is 3.72. The smallest absolute Gasteiger partial charge is 0.150 e. The molecule has 0 fully saturated rings. The number of aromatic amines is 1. The fourth-order valence-electron chi connectivity index (χ4n) is 2.53. The highest BCUT2D eigenvalue weighted by Crippen LogP contribution is 2.25. The van der Waals surface area contributed by atoms with Crippen molar-refractivity contribution in [3.05, 3.63) is 82.9 Å². The normalized spacial score (nSPS) is 11.7. The quantitative estimate of drug-likeness (QED) is 0.783. The summed E-state index contributed by atoms with van der Waals surface area (Å²) in [6.07, 6.45) is 1.66. The summed E-state index contributed by atoms with van der Waals surface area (Å²) >= 11 is 0. The Morgan fingerprint density at radius 3 is 2.46 bits per heavy atom. The Morgan fingerprint density at radius 1 is 1.17 bits per heavy atom. The van der Waals surface area contributed by atoms with Crippen molar-refractivity contribution in [1.29, 1.82) is 5.26 Å². The minimum Gasteiger partial charge on any atom is -0.298 e. The van der Waals surface area contributed by atoms with Crippen LogP contribution in [-0.4, -0.2) is 21.2 Å². The van der Waals surface area contributed by atoms with Crippen molar-refractivity contribution in [3.63, 3.8) is 0 Å². The number of H-pyrrole nitrogens is 1. The second-order valence-electron chi connectivity index (χ2n) is 5.33. The van der Waals surface area contributed by atoms with E-state index in [2.05, 4.69) is 15.4 Å². The van der Waals surface area contributed by atoms with Gasteiger partial charge in [0.25, 0.3) is 0 Å². The Labute approximate surface area is 137 Å². The van der Waals surface area contributed by atoms with Gasteiger partial charge in [0.1, 0.15) is 5.82 Å². The Bertz CT molecular complexity index is 865. The van der Waals surface area contributed by atoms with Gasteiger partial charge in [0.15, 0.2) is 5.78 Å². The standard InChI is InChI=1S/C18H13FN4O/c19-15-7-3-12(4-8-15)9-17(24)18(16-11-21-23-22-16)14-5-1-13(10-20)2-6-14/h1-8,11,18H,9H2,(H,21,22,23). The molecule has 24 heavy (non-hydrogen) atoms. The molecule has 1 N–H and O–H groups in total. The van der Waals surface area contributed by atoms with Crippen molar-refractivity contribution in [3.8, 4) is 6.07 Å². The Morgan fingerprint density at radius 2 is 1.88 bits per heavy atom. The zero-order valence-corrected chi connectivity index (χ0v) is 12.6. The van der Waals surface area contributed by atoms with Crippen molar-refractivity contribution in [2.75, 3.05) is 0 Å².